The van der Waals surface area contributed by atoms with E-state index in [2.05, 4.69) is 5.32 Å². The maximum atomic E-state index is 12.4. The SMILES string of the molecule is CCOc1ccc(N2C[C@@H](NC(=O)N(CCO)C(C)C)CC2=O)cc1. The lowest BCUT2D eigenvalue weighted by Gasteiger charge is -2.27. The quantitative estimate of drug-likeness (QED) is 0.783. The normalized spacial score (nSPS) is 17.1. The van der Waals surface area contributed by atoms with Crippen LogP contribution in [0.2, 0.25) is 0 Å². The van der Waals surface area contributed by atoms with Crippen molar-refractivity contribution in [3.63, 3.8) is 0 Å². The van der Waals surface area contributed by atoms with Gasteiger partial charge in [0.1, 0.15) is 5.75 Å². The number of ether oxygens (including phenoxy) is 1. The van der Waals surface area contributed by atoms with Gasteiger partial charge in [0, 0.05) is 31.2 Å². The molecule has 138 valence electrons. The predicted octanol–water partition coefficient (Wildman–Crippen LogP) is 1.60. The van der Waals surface area contributed by atoms with Gasteiger partial charge in [-0.05, 0) is 45.0 Å². The lowest BCUT2D eigenvalue weighted by molar-refractivity contribution is -0.117. The van der Waals surface area contributed by atoms with Crippen molar-refractivity contribution in [3.8, 4) is 5.75 Å². The third-order valence-electron chi connectivity index (χ3n) is 4.14. The highest BCUT2D eigenvalue weighted by Crippen LogP contribution is 2.24. The molecule has 0 bridgehead atoms. The van der Waals surface area contributed by atoms with E-state index in [-0.39, 0.29) is 43.6 Å². The van der Waals surface area contributed by atoms with Crippen molar-refractivity contribution in [1.82, 2.24) is 10.2 Å². The molecule has 2 rings (SSSR count). The summed E-state index contributed by atoms with van der Waals surface area (Å²) in [4.78, 5) is 27.9. The van der Waals surface area contributed by atoms with Crippen LogP contribution < -0.4 is 15.0 Å². The van der Waals surface area contributed by atoms with Gasteiger partial charge in [0.2, 0.25) is 5.91 Å². The first kappa shape index (κ1) is 19.1. The Morgan fingerprint density at radius 1 is 1.40 bits per heavy atom. The van der Waals surface area contributed by atoms with Crippen molar-refractivity contribution in [3.05, 3.63) is 24.3 Å². The van der Waals surface area contributed by atoms with Crippen LogP contribution in [0.3, 0.4) is 0 Å². The fraction of sp³-hybridized carbons (Fsp3) is 0.556. The van der Waals surface area contributed by atoms with E-state index in [1.807, 2.05) is 45.0 Å². The minimum atomic E-state index is -0.254. The van der Waals surface area contributed by atoms with Gasteiger partial charge >= 0.3 is 6.03 Å². The van der Waals surface area contributed by atoms with Crippen LogP contribution in [0.25, 0.3) is 0 Å². The maximum Gasteiger partial charge on any atom is 0.318 e. The second-order valence-corrected chi connectivity index (χ2v) is 6.29. The van der Waals surface area contributed by atoms with E-state index < -0.39 is 0 Å². The molecule has 0 unspecified atom stereocenters. The van der Waals surface area contributed by atoms with Crippen molar-refractivity contribution < 1.29 is 19.4 Å². The first-order chi connectivity index (χ1) is 12.0. The summed E-state index contributed by atoms with van der Waals surface area (Å²) in [6.45, 7) is 6.91. The Morgan fingerprint density at radius 2 is 2.08 bits per heavy atom. The summed E-state index contributed by atoms with van der Waals surface area (Å²) in [6.07, 6.45) is 0.268. The van der Waals surface area contributed by atoms with E-state index in [0.29, 0.717) is 13.2 Å². The van der Waals surface area contributed by atoms with Gasteiger partial charge in [0.25, 0.3) is 0 Å². The number of rotatable bonds is 7. The second-order valence-electron chi connectivity index (χ2n) is 6.29. The fourth-order valence-electron chi connectivity index (χ4n) is 2.90. The Kier molecular flexibility index (Phi) is 6.64. The third kappa shape index (κ3) is 4.85. The van der Waals surface area contributed by atoms with Crippen LogP contribution in [0.4, 0.5) is 10.5 Å². The molecule has 1 fully saturated rings. The van der Waals surface area contributed by atoms with Crippen LogP contribution in [0.1, 0.15) is 27.2 Å². The number of benzene rings is 1. The number of aliphatic hydroxyl groups is 1. The number of carbonyl (C=O) groups excluding carboxylic acids is 2. The van der Waals surface area contributed by atoms with E-state index in [9.17, 15) is 9.59 Å². The molecule has 25 heavy (non-hydrogen) atoms. The molecule has 1 aliphatic heterocycles. The summed E-state index contributed by atoms with van der Waals surface area (Å²) in [5, 5.41) is 12.0. The number of amides is 3. The molecule has 1 aromatic rings. The Bertz CT molecular complexity index is 588. The van der Waals surface area contributed by atoms with E-state index in [1.54, 1.807) is 9.80 Å². The standard InChI is InChI=1S/C18H27N3O4/c1-4-25-16-7-5-15(6-8-16)21-12-14(11-17(21)23)19-18(24)20(9-10-22)13(2)3/h5-8,13-14,22H,4,9-12H2,1-3H3,(H,19,24)/t14-/m0/s1. The molecule has 3 amide bonds. The highest BCUT2D eigenvalue weighted by Gasteiger charge is 2.32. The van der Waals surface area contributed by atoms with Gasteiger partial charge in [-0.3, -0.25) is 4.79 Å². The van der Waals surface area contributed by atoms with E-state index in [0.717, 1.165) is 11.4 Å². The molecular weight excluding hydrogens is 322 g/mol. The van der Waals surface area contributed by atoms with Gasteiger partial charge < -0.3 is 25.0 Å². The first-order valence-electron chi connectivity index (χ1n) is 8.67. The smallest absolute Gasteiger partial charge is 0.318 e. The molecule has 7 heteroatoms. The number of nitrogens with one attached hydrogen (secondary N) is 1. The molecule has 1 heterocycles. The van der Waals surface area contributed by atoms with Crippen molar-refractivity contribution >= 4 is 17.6 Å². The lowest BCUT2D eigenvalue weighted by Crippen LogP contribution is -2.49. The summed E-state index contributed by atoms with van der Waals surface area (Å²) < 4.78 is 5.41. The lowest BCUT2D eigenvalue weighted by atomic mass is 10.2. The summed E-state index contributed by atoms with van der Waals surface area (Å²) in [5.74, 6) is 0.743. The van der Waals surface area contributed by atoms with Gasteiger partial charge in [0.15, 0.2) is 0 Å². The number of urea groups is 1. The van der Waals surface area contributed by atoms with E-state index in [1.165, 1.54) is 0 Å². The van der Waals surface area contributed by atoms with Crippen LogP contribution in [0, 0.1) is 0 Å². The van der Waals surface area contributed by atoms with Gasteiger partial charge in [-0.1, -0.05) is 0 Å². The molecule has 1 aliphatic rings. The minimum absolute atomic E-state index is 0.0206. The first-order valence-corrected chi connectivity index (χ1v) is 8.67. The zero-order valence-corrected chi connectivity index (χ0v) is 15.1. The fourth-order valence-corrected chi connectivity index (χ4v) is 2.90. The van der Waals surface area contributed by atoms with Gasteiger partial charge in [-0.2, -0.15) is 0 Å². The Morgan fingerprint density at radius 3 is 2.64 bits per heavy atom. The molecular formula is C18H27N3O4. The zero-order chi connectivity index (χ0) is 18.4. The van der Waals surface area contributed by atoms with Crippen LogP contribution in [0.15, 0.2) is 24.3 Å². The summed E-state index contributed by atoms with van der Waals surface area (Å²) >= 11 is 0. The Hall–Kier alpha value is -2.28. The second kappa shape index (κ2) is 8.71. The molecule has 1 saturated heterocycles. The monoisotopic (exact) mass is 349 g/mol. The van der Waals surface area contributed by atoms with Crippen molar-refractivity contribution in [2.24, 2.45) is 0 Å². The molecule has 2 N–H and O–H groups in total. The topological polar surface area (TPSA) is 82.1 Å². The number of hydrogen-bond donors (Lipinski definition) is 2. The van der Waals surface area contributed by atoms with Crippen LogP contribution >= 0.6 is 0 Å². The highest BCUT2D eigenvalue weighted by atomic mass is 16.5. The van der Waals surface area contributed by atoms with Crippen LogP contribution in [-0.2, 0) is 4.79 Å². The summed E-state index contributed by atoms with van der Waals surface area (Å²) in [7, 11) is 0. The molecule has 0 radical (unpaired) electrons. The largest absolute Gasteiger partial charge is 0.494 e. The average Bonchev–Trinajstić information content (AvgIpc) is 2.93. The summed E-state index contributed by atoms with van der Waals surface area (Å²) in [6, 6.07) is 6.84. The Balaban J connectivity index is 1.98. The minimum Gasteiger partial charge on any atom is -0.494 e. The number of nitrogens with zero attached hydrogens (tertiary/aromatic N) is 2. The highest BCUT2D eigenvalue weighted by molar-refractivity contribution is 5.96. The molecule has 7 nitrogen and oxygen atoms in total. The number of hydrogen-bond acceptors (Lipinski definition) is 4. The van der Waals surface area contributed by atoms with Gasteiger partial charge in [-0.25, -0.2) is 4.79 Å². The number of anilines is 1. The van der Waals surface area contributed by atoms with Crippen LogP contribution in [-0.4, -0.2) is 60.3 Å². The maximum absolute atomic E-state index is 12.4. The number of aliphatic hydroxyl groups excluding tert-OH is 1. The molecule has 1 atom stereocenters. The van der Waals surface area contributed by atoms with Crippen molar-refractivity contribution in [2.75, 3.05) is 31.2 Å². The van der Waals surface area contributed by atoms with Gasteiger partial charge in [-0.15, -0.1) is 0 Å². The van der Waals surface area contributed by atoms with Crippen molar-refractivity contribution in [1.29, 1.82) is 0 Å². The van der Waals surface area contributed by atoms with E-state index in [4.69, 9.17) is 9.84 Å². The van der Waals surface area contributed by atoms with Crippen LogP contribution in [0.5, 0.6) is 5.75 Å². The number of carbonyl (C=O) groups is 2. The predicted molar refractivity (Wildman–Crippen MR) is 95.8 cm³/mol. The summed E-state index contributed by atoms with van der Waals surface area (Å²) in [5.41, 5.74) is 0.793. The zero-order valence-electron chi connectivity index (χ0n) is 15.1. The molecule has 1 aromatic carbocycles. The van der Waals surface area contributed by atoms with Gasteiger partial charge in [0.05, 0.1) is 19.3 Å². The molecule has 0 aromatic heterocycles. The van der Waals surface area contributed by atoms with Crippen molar-refractivity contribution in [2.45, 2.75) is 39.3 Å². The Labute approximate surface area is 148 Å². The molecule has 0 saturated carbocycles. The average molecular weight is 349 g/mol. The third-order valence-corrected chi connectivity index (χ3v) is 4.14. The molecule has 0 spiro atoms. The van der Waals surface area contributed by atoms with E-state index >= 15 is 0 Å². The molecule has 0 aliphatic carbocycles.